The molecule has 2 aromatic rings. The van der Waals surface area contributed by atoms with Crippen molar-refractivity contribution in [2.45, 2.75) is 32.9 Å². The highest BCUT2D eigenvalue weighted by molar-refractivity contribution is 5.76. The number of carbonyl (C=O) groups excluding carboxylic acids is 1. The third-order valence-electron chi connectivity index (χ3n) is 3.32. The maximum Gasteiger partial charge on any atom is 0.222 e. The first-order valence-electron chi connectivity index (χ1n) is 6.99. The van der Waals surface area contributed by atoms with Crippen LogP contribution in [0.4, 0.5) is 0 Å². The summed E-state index contributed by atoms with van der Waals surface area (Å²) in [7, 11) is 1.83. The fraction of sp³-hybridized carbons (Fsp3) is 0.375. The molecule has 0 unspecified atom stereocenters. The van der Waals surface area contributed by atoms with Gasteiger partial charge in [-0.2, -0.15) is 5.10 Å². The molecule has 0 fully saturated rings. The molecule has 20 heavy (non-hydrogen) atoms. The number of aromatic nitrogens is 2. The monoisotopic (exact) mass is 271 g/mol. The summed E-state index contributed by atoms with van der Waals surface area (Å²) in [4.78, 5) is 13.8. The minimum absolute atomic E-state index is 0.153. The van der Waals surface area contributed by atoms with Crippen LogP contribution in [-0.2, 0) is 24.3 Å². The number of carbonyl (C=O) groups is 1. The molecule has 0 saturated carbocycles. The molecule has 0 spiro atoms. The molecule has 0 aliphatic heterocycles. The molecule has 0 aliphatic rings. The van der Waals surface area contributed by atoms with Gasteiger partial charge in [0.05, 0.1) is 12.2 Å². The normalized spacial score (nSPS) is 10.5. The highest BCUT2D eigenvalue weighted by Crippen LogP contribution is 2.06. The van der Waals surface area contributed by atoms with E-state index in [9.17, 15) is 4.79 Å². The molecule has 106 valence electrons. The second-order valence-electron chi connectivity index (χ2n) is 4.90. The van der Waals surface area contributed by atoms with Crippen LogP contribution < -0.4 is 0 Å². The second-order valence-corrected chi connectivity index (χ2v) is 4.90. The number of hydrogen-bond donors (Lipinski definition) is 0. The standard InChI is InChI=1S/C16H21N3O/c1-3-19-12-11-15(17-19)13-18(2)16(20)10-9-14-7-5-4-6-8-14/h4-8,11-12H,3,9-10,13H2,1-2H3. The van der Waals surface area contributed by atoms with Crippen molar-refractivity contribution in [2.75, 3.05) is 7.05 Å². The van der Waals surface area contributed by atoms with Gasteiger partial charge in [-0.3, -0.25) is 9.48 Å². The van der Waals surface area contributed by atoms with E-state index in [1.807, 2.05) is 49.1 Å². The SMILES string of the molecule is CCn1ccc(CN(C)C(=O)CCc2ccccc2)n1. The van der Waals surface area contributed by atoms with Crippen LogP contribution in [-0.4, -0.2) is 27.6 Å². The van der Waals surface area contributed by atoms with E-state index in [0.717, 1.165) is 18.7 Å². The predicted octanol–water partition coefficient (Wildman–Crippen LogP) is 2.49. The molecule has 1 aromatic heterocycles. The van der Waals surface area contributed by atoms with E-state index in [1.165, 1.54) is 5.56 Å². The van der Waals surface area contributed by atoms with Gasteiger partial charge in [0.1, 0.15) is 0 Å². The largest absolute Gasteiger partial charge is 0.340 e. The lowest BCUT2D eigenvalue weighted by atomic mass is 10.1. The maximum absolute atomic E-state index is 12.1. The van der Waals surface area contributed by atoms with Gasteiger partial charge < -0.3 is 4.90 Å². The van der Waals surface area contributed by atoms with Gasteiger partial charge in [-0.05, 0) is 25.0 Å². The summed E-state index contributed by atoms with van der Waals surface area (Å²) in [5.74, 6) is 0.153. The zero-order chi connectivity index (χ0) is 14.4. The van der Waals surface area contributed by atoms with Crippen molar-refractivity contribution in [3.8, 4) is 0 Å². The van der Waals surface area contributed by atoms with Crippen LogP contribution in [0.2, 0.25) is 0 Å². The Labute approximate surface area is 120 Å². The Hall–Kier alpha value is -2.10. The number of aryl methyl sites for hydroxylation is 2. The fourth-order valence-corrected chi connectivity index (χ4v) is 2.08. The number of rotatable bonds is 6. The summed E-state index contributed by atoms with van der Waals surface area (Å²) in [6.45, 7) is 3.47. The first kappa shape index (κ1) is 14.3. The summed E-state index contributed by atoms with van der Waals surface area (Å²) < 4.78 is 1.87. The second kappa shape index (κ2) is 6.89. The molecule has 2 rings (SSSR count). The Bertz CT molecular complexity index is 548. The van der Waals surface area contributed by atoms with Gasteiger partial charge in [0.25, 0.3) is 0 Å². The Morgan fingerprint density at radius 2 is 2.00 bits per heavy atom. The molecule has 4 nitrogen and oxygen atoms in total. The third kappa shape index (κ3) is 3.95. The summed E-state index contributed by atoms with van der Waals surface area (Å²) in [5.41, 5.74) is 2.13. The molecule has 1 amide bonds. The lowest BCUT2D eigenvalue weighted by Gasteiger charge is -2.15. The molecule has 0 bridgehead atoms. The van der Waals surface area contributed by atoms with Crippen LogP contribution in [0, 0.1) is 0 Å². The average Bonchev–Trinajstić information content (AvgIpc) is 2.93. The lowest BCUT2D eigenvalue weighted by Crippen LogP contribution is -2.26. The molecule has 1 heterocycles. The summed E-state index contributed by atoms with van der Waals surface area (Å²) in [6.07, 6.45) is 3.26. The highest BCUT2D eigenvalue weighted by Gasteiger charge is 2.10. The van der Waals surface area contributed by atoms with Gasteiger partial charge in [-0.15, -0.1) is 0 Å². The van der Waals surface area contributed by atoms with Gasteiger partial charge in [0.15, 0.2) is 0 Å². The van der Waals surface area contributed by atoms with E-state index in [2.05, 4.69) is 17.2 Å². The molecule has 4 heteroatoms. The van der Waals surface area contributed by atoms with Crippen molar-refractivity contribution in [3.05, 3.63) is 53.9 Å². The quantitative estimate of drug-likeness (QED) is 0.809. The number of nitrogens with zero attached hydrogens (tertiary/aromatic N) is 3. The Morgan fingerprint density at radius 3 is 2.65 bits per heavy atom. The van der Waals surface area contributed by atoms with Gasteiger partial charge in [-0.1, -0.05) is 30.3 Å². The summed E-state index contributed by atoms with van der Waals surface area (Å²) in [6, 6.07) is 12.1. The topological polar surface area (TPSA) is 38.1 Å². The number of benzene rings is 1. The minimum Gasteiger partial charge on any atom is -0.340 e. The molecular weight excluding hydrogens is 250 g/mol. The van der Waals surface area contributed by atoms with E-state index < -0.39 is 0 Å². The lowest BCUT2D eigenvalue weighted by molar-refractivity contribution is -0.130. The van der Waals surface area contributed by atoms with Crippen LogP contribution >= 0.6 is 0 Å². The smallest absolute Gasteiger partial charge is 0.222 e. The van der Waals surface area contributed by atoms with Crippen molar-refractivity contribution >= 4 is 5.91 Å². The van der Waals surface area contributed by atoms with E-state index in [4.69, 9.17) is 0 Å². The molecule has 0 saturated heterocycles. The zero-order valence-electron chi connectivity index (χ0n) is 12.1. The Morgan fingerprint density at radius 1 is 1.25 bits per heavy atom. The number of amides is 1. The van der Waals surface area contributed by atoms with Crippen LogP contribution in [0.15, 0.2) is 42.6 Å². The van der Waals surface area contributed by atoms with E-state index >= 15 is 0 Å². The van der Waals surface area contributed by atoms with Crippen molar-refractivity contribution in [2.24, 2.45) is 0 Å². The van der Waals surface area contributed by atoms with Crippen LogP contribution in [0.25, 0.3) is 0 Å². The average molecular weight is 271 g/mol. The molecular formula is C16H21N3O. The van der Waals surface area contributed by atoms with Crippen molar-refractivity contribution in [3.63, 3.8) is 0 Å². The van der Waals surface area contributed by atoms with Crippen molar-refractivity contribution < 1.29 is 4.79 Å². The Kier molecular flexibility index (Phi) is 4.93. The molecule has 0 radical (unpaired) electrons. The molecule has 1 aromatic carbocycles. The first-order chi connectivity index (χ1) is 9.69. The van der Waals surface area contributed by atoms with Crippen molar-refractivity contribution in [1.29, 1.82) is 0 Å². The van der Waals surface area contributed by atoms with Gasteiger partial charge in [-0.25, -0.2) is 0 Å². The van der Waals surface area contributed by atoms with E-state index in [-0.39, 0.29) is 5.91 Å². The fourth-order valence-electron chi connectivity index (χ4n) is 2.08. The van der Waals surface area contributed by atoms with Crippen LogP contribution in [0.1, 0.15) is 24.6 Å². The molecule has 0 N–H and O–H groups in total. The highest BCUT2D eigenvalue weighted by atomic mass is 16.2. The van der Waals surface area contributed by atoms with Gasteiger partial charge in [0, 0.05) is 26.2 Å². The molecule has 0 aliphatic carbocycles. The summed E-state index contributed by atoms with van der Waals surface area (Å²) >= 11 is 0. The molecule has 0 atom stereocenters. The van der Waals surface area contributed by atoms with Gasteiger partial charge >= 0.3 is 0 Å². The van der Waals surface area contributed by atoms with Crippen LogP contribution in [0.5, 0.6) is 0 Å². The summed E-state index contributed by atoms with van der Waals surface area (Å²) in [5, 5.41) is 4.39. The zero-order valence-corrected chi connectivity index (χ0v) is 12.1. The Balaban J connectivity index is 1.82. The van der Waals surface area contributed by atoms with Crippen molar-refractivity contribution in [1.82, 2.24) is 14.7 Å². The predicted molar refractivity (Wildman–Crippen MR) is 79.1 cm³/mol. The van der Waals surface area contributed by atoms with E-state index in [0.29, 0.717) is 13.0 Å². The van der Waals surface area contributed by atoms with Crippen LogP contribution in [0.3, 0.4) is 0 Å². The third-order valence-corrected chi connectivity index (χ3v) is 3.32. The van der Waals surface area contributed by atoms with Gasteiger partial charge in [0.2, 0.25) is 5.91 Å². The maximum atomic E-state index is 12.1. The first-order valence-corrected chi connectivity index (χ1v) is 6.99. The number of hydrogen-bond acceptors (Lipinski definition) is 2. The minimum atomic E-state index is 0.153. The van der Waals surface area contributed by atoms with E-state index in [1.54, 1.807) is 4.90 Å².